The molecule has 3 aromatic rings. The minimum absolute atomic E-state index is 0.161. The van der Waals surface area contributed by atoms with E-state index in [-0.39, 0.29) is 18.5 Å². The normalized spacial score (nSPS) is 11.9. The van der Waals surface area contributed by atoms with Gasteiger partial charge in [-0.15, -0.1) is 0 Å². The molecule has 0 bridgehead atoms. The molecule has 0 fully saturated rings. The van der Waals surface area contributed by atoms with Gasteiger partial charge in [0.05, 0.1) is 11.3 Å². The number of carbonyl (C=O) groups is 2. The number of hydrogen-bond donors (Lipinski definition) is 2. The Labute approximate surface area is 154 Å². The van der Waals surface area contributed by atoms with Crippen molar-refractivity contribution in [1.82, 2.24) is 0 Å². The van der Waals surface area contributed by atoms with Crippen molar-refractivity contribution in [1.29, 1.82) is 0 Å². The maximum Gasteiger partial charge on any atom is 0.291 e. The van der Waals surface area contributed by atoms with Gasteiger partial charge >= 0.3 is 0 Å². The summed E-state index contributed by atoms with van der Waals surface area (Å²) >= 11 is 0. The number of ether oxygens (including phenoxy) is 2. The molecular formula is C20H16N2O5. The molecule has 0 atom stereocenters. The molecule has 1 aromatic heterocycles. The average Bonchev–Trinajstić information content (AvgIpc) is 3.30. The van der Waals surface area contributed by atoms with Crippen LogP contribution in [0, 0.1) is 6.92 Å². The topological polar surface area (TPSA) is 89.8 Å². The molecule has 1 aliphatic rings. The van der Waals surface area contributed by atoms with Gasteiger partial charge in [0, 0.05) is 11.8 Å². The summed E-state index contributed by atoms with van der Waals surface area (Å²) in [5.41, 5.74) is 1.27. The van der Waals surface area contributed by atoms with Gasteiger partial charge in [-0.2, -0.15) is 0 Å². The van der Waals surface area contributed by atoms with Crippen LogP contribution in [0.2, 0.25) is 0 Å². The first-order chi connectivity index (χ1) is 13.1. The summed E-state index contributed by atoms with van der Waals surface area (Å²) in [6.45, 7) is 1.91. The zero-order chi connectivity index (χ0) is 18.8. The Kier molecular flexibility index (Phi) is 4.25. The van der Waals surface area contributed by atoms with Crippen LogP contribution in [0.25, 0.3) is 0 Å². The van der Waals surface area contributed by atoms with Crippen LogP contribution in [-0.2, 0) is 0 Å². The summed E-state index contributed by atoms with van der Waals surface area (Å²) in [7, 11) is 0. The van der Waals surface area contributed by atoms with Crippen LogP contribution >= 0.6 is 0 Å². The van der Waals surface area contributed by atoms with Crippen molar-refractivity contribution in [3.63, 3.8) is 0 Å². The van der Waals surface area contributed by atoms with E-state index in [0.29, 0.717) is 34.2 Å². The second-order valence-corrected chi connectivity index (χ2v) is 5.93. The van der Waals surface area contributed by atoms with Crippen molar-refractivity contribution >= 4 is 23.2 Å². The number of hydrogen-bond acceptors (Lipinski definition) is 5. The summed E-state index contributed by atoms with van der Waals surface area (Å²) in [5.74, 6) is 1.23. The van der Waals surface area contributed by atoms with E-state index in [2.05, 4.69) is 10.6 Å². The lowest BCUT2D eigenvalue weighted by Gasteiger charge is -2.11. The highest BCUT2D eigenvalue weighted by molar-refractivity contribution is 6.12. The molecule has 0 saturated carbocycles. The number of anilines is 2. The van der Waals surface area contributed by atoms with Gasteiger partial charge < -0.3 is 24.5 Å². The number of nitrogens with one attached hydrogen (secondary N) is 2. The van der Waals surface area contributed by atoms with Crippen molar-refractivity contribution in [3.05, 3.63) is 71.7 Å². The smallest absolute Gasteiger partial charge is 0.291 e. The lowest BCUT2D eigenvalue weighted by Crippen LogP contribution is -2.18. The van der Waals surface area contributed by atoms with Crippen LogP contribution in [-0.4, -0.2) is 18.6 Å². The minimum atomic E-state index is -0.425. The molecule has 2 aromatic carbocycles. The van der Waals surface area contributed by atoms with E-state index in [1.54, 1.807) is 61.5 Å². The van der Waals surface area contributed by atoms with Crippen LogP contribution < -0.4 is 20.1 Å². The first-order valence-corrected chi connectivity index (χ1v) is 8.28. The van der Waals surface area contributed by atoms with Gasteiger partial charge in [-0.3, -0.25) is 9.59 Å². The number of aryl methyl sites for hydroxylation is 1. The Morgan fingerprint density at radius 3 is 2.52 bits per heavy atom. The number of fused-ring (bicyclic) bond motifs is 1. The Bertz CT molecular complexity index is 1020. The van der Waals surface area contributed by atoms with E-state index >= 15 is 0 Å². The second kappa shape index (κ2) is 6.87. The number of carbonyl (C=O) groups excluding carboxylic acids is 2. The molecule has 7 nitrogen and oxygen atoms in total. The fourth-order valence-corrected chi connectivity index (χ4v) is 2.70. The molecule has 0 unspecified atom stereocenters. The van der Waals surface area contributed by atoms with Crippen molar-refractivity contribution in [3.8, 4) is 11.5 Å². The first-order valence-electron chi connectivity index (χ1n) is 8.28. The van der Waals surface area contributed by atoms with Gasteiger partial charge in [0.15, 0.2) is 17.3 Å². The summed E-state index contributed by atoms with van der Waals surface area (Å²) in [6, 6.07) is 15.2. The fraction of sp³-hybridized carbons (Fsp3) is 0.100. The van der Waals surface area contributed by atoms with E-state index in [1.165, 1.54) is 0 Å². The lowest BCUT2D eigenvalue weighted by atomic mass is 10.1. The van der Waals surface area contributed by atoms with E-state index in [9.17, 15) is 9.59 Å². The maximum atomic E-state index is 12.7. The first kappa shape index (κ1) is 16.7. The van der Waals surface area contributed by atoms with Crippen LogP contribution in [0.3, 0.4) is 0 Å². The van der Waals surface area contributed by atoms with Crippen LogP contribution in [0.1, 0.15) is 26.7 Å². The second-order valence-electron chi connectivity index (χ2n) is 5.93. The quantitative estimate of drug-likeness (QED) is 0.734. The molecule has 0 spiro atoms. The fourth-order valence-electron chi connectivity index (χ4n) is 2.70. The van der Waals surface area contributed by atoms with Gasteiger partial charge in [-0.1, -0.05) is 12.1 Å². The zero-order valence-electron chi connectivity index (χ0n) is 14.4. The van der Waals surface area contributed by atoms with E-state index in [4.69, 9.17) is 13.9 Å². The lowest BCUT2D eigenvalue weighted by molar-refractivity contribution is 0.0995. The summed E-state index contributed by atoms with van der Waals surface area (Å²) in [5, 5.41) is 5.51. The summed E-state index contributed by atoms with van der Waals surface area (Å²) in [6.07, 6.45) is 0. The molecule has 2 heterocycles. The van der Waals surface area contributed by atoms with E-state index in [0.717, 1.165) is 0 Å². The molecule has 0 aliphatic carbocycles. The third-order valence-electron chi connectivity index (χ3n) is 4.01. The minimum Gasteiger partial charge on any atom is -0.456 e. The Balaban J connectivity index is 1.53. The van der Waals surface area contributed by atoms with Crippen molar-refractivity contribution in [2.45, 2.75) is 6.92 Å². The number of furan rings is 1. The molecule has 2 amide bonds. The highest BCUT2D eigenvalue weighted by Crippen LogP contribution is 2.34. The summed E-state index contributed by atoms with van der Waals surface area (Å²) in [4.78, 5) is 25.0. The van der Waals surface area contributed by atoms with Crippen molar-refractivity contribution in [2.24, 2.45) is 0 Å². The molecule has 2 N–H and O–H groups in total. The van der Waals surface area contributed by atoms with Gasteiger partial charge in [0.1, 0.15) is 5.76 Å². The number of amides is 2. The predicted octanol–water partition coefficient (Wildman–Crippen LogP) is 3.82. The molecule has 1 aliphatic heterocycles. The molecule has 4 rings (SSSR count). The number of rotatable bonds is 4. The molecule has 7 heteroatoms. The average molecular weight is 364 g/mol. The van der Waals surface area contributed by atoms with Crippen LogP contribution in [0.5, 0.6) is 11.5 Å². The SMILES string of the molecule is Cc1ccc(C(=O)Nc2ccccc2C(=O)Nc2ccc3c(c2)OCO3)o1. The third-order valence-corrected chi connectivity index (χ3v) is 4.01. The summed E-state index contributed by atoms with van der Waals surface area (Å²) < 4.78 is 15.9. The van der Waals surface area contributed by atoms with Crippen LogP contribution in [0.15, 0.2) is 59.0 Å². The third kappa shape index (κ3) is 3.48. The van der Waals surface area contributed by atoms with Gasteiger partial charge in [0.2, 0.25) is 6.79 Å². The standard InChI is InChI=1S/C20H16N2O5/c1-12-6-8-17(27-12)20(24)22-15-5-3-2-4-14(15)19(23)21-13-7-9-16-18(10-13)26-11-25-16/h2-10H,11H2,1H3,(H,21,23)(H,22,24). The van der Waals surface area contributed by atoms with Crippen molar-refractivity contribution in [2.75, 3.05) is 17.4 Å². The Morgan fingerprint density at radius 1 is 0.889 bits per heavy atom. The van der Waals surface area contributed by atoms with Crippen LogP contribution in [0.4, 0.5) is 11.4 Å². The molecular weight excluding hydrogens is 348 g/mol. The van der Waals surface area contributed by atoms with E-state index in [1.807, 2.05) is 0 Å². The molecule has 27 heavy (non-hydrogen) atoms. The largest absolute Gasteiger partial charge is 0.456 e. The molecule has 0 radical (unpaired) electrons. The van der Waals surface area contributed by atoms with Gasteiger partial charge in [-0.25, -0.2) is 0 Å². The zero-order valence-corrected chi connectivity index (χ0v) is 14.4. The Hall–Kier alpha value is -3.74. The van der Waals surface area contributed by atoms with Gasteiger partial charge in [0.25, 0.3) is 11.8 Å². The van der Waals surface area contributed by atoms with E-state index < -0.39 is 5.91 Å². The number of para-hydroxylation sites is 1. The number of benzene rings is 2. The molecule has 0 saturated heterocycles. The highest BCUT2D eigenvalue weighted by atomic mass is 16.7. The van der Waals surface area contributed by atoms with Gasteiger partial charge in [-0.05, 0) is 43.3 Å². The monoisotopic (exact) mass is 364 g/mol. The predicted molar refractivity (Wildman–Crippen MR) is 98.4 cm³/mol. The highest BCUT2D eigenvalue weighted by Gasteiger charge is 2.18. The molecule has 136 valence electrons. The maximum absolute atomic E-state index is 12.7. The van der Waals surface area contributed by atoms with Crippen molar-refractivity contribution < 1.29 is 23.5 Å². The Morgan fingerprint density at radius 2 is 1.70 bits per heavy atom.